The fourth-order valence-electron chi connectivity index (χ4n) is 2.65. The van der Waals surface area contributed by atoms with Gasteiger partial charge in [-0.15, -0.1) is 11.3 Å². The molecule has 3 nitrogen and oxygen atoms in total. The van der Waals surface area contributed by atoms with E-state index in [4.69, 9.17) is 11.6 Å². The lowest BCUT2D eigenvalue weighted by Crippen LogP contribution is -1.94. The number of nitrogens with zero attached hydrogens (tertiary/aromatic N) is 1. The van der Waals surface area contributed by atoms with Crippen LogP contribution in [0.5, 0.6) is 0 Å². The summed E-state index contributed by atoms with van der Waals surface area (Å²) in [5.74, 6) is 0.0747. The van der Waals surface area contributed by atoms with Crippen molar-refractivity contribution in [3.05, 3.63) is 51.5 Å². The molecule has 0 spiro atoms. The standard InChI is InChI=1S/C17H15ClN2OS/c1-9-15(11(3)21)10(2)19-16(9)14-8-22-17(20-14)12-4-6-13(18)7-5-12/h4-8,19H,1-3H3. The number of aromatic nitrogens is 2. The lowest BCUT2D eigenvalue weighted by Gasteiger charge is -1.98. The summed E-state index contributed by atoms with van der Waals surface area (Å²) < 4.78 is 0. The number of hydrogen-bond donors (Lipinski definition) is 1. The predicted octanol–water partition coefficient (Wildman–Crippen LogP) is 5.28. The second-order valence-corrected chi connectivity index (χ2v) is 6.52. The summed E-state index contributed by atoms with van der Waals surface area (Å²) in [7, 11) is 0. The number of benzene rings is 1. The largest absolute Gasteiger partial charge is 0.356 e. The number of carbonyl (C=O) groups is 1. The molecule has 3 aromatic rings. The molecular weight excluding hydrogens is 316 g/mol. The smallest absolute Gasteiger partial charge is 0.161 e. The highest BCUT2D eigenvalue weighted by atomic mass is 35.5. The molecule has 3 rings (SSSR count). The third kappa shape index (κ3) is 2.60. The van der Waals surface area contributed by atoms with Gasteiger partial charge in [0, 0.05) is 27.2 Å². The highest BCUT2D eigenvalue weighted by molar-refractivity contribution is 7.13. The third-order valence-electron chi connectivity index (χ3n) is 3.64. The molecule has 2 heterocycles. The van der Waals surface area contributed by atoms with Crippen molar-refractivity contribution in [1.29, 1.82) is 0 Å². The maximum absolute atomic E-state index is 11.7. The van der Waals surface area contributed by atoms with E-state index >= 15 is 0 Å². The molecule has 0 aliphatic heterocycles. The highest BCUT2D eigenvalue weighted by Crippen LogP contribution is 2.32. The molecule has 0 fully saturated rings. The Kier molecular flexibility index (Phi) is 3.89. The number of hydrogen-bond acceptors (Lipinski definition) is 3. The van der Waals surface area contributed by atoms with Gasteiger partial charge in [0.1, 0.15) is 5.01 Å². The number of rotatable bonds is 3. The Morgan fingerprint density at radius 2 is 1.91 bits per heavy atom. The first kappa shape index (κ1) is 15.0. The van der Waals surface area contributed by atoms with Crippen LogP contribution in [0.3, 0.4) is 0 Å². The van der Waals surface area contributed by atoms with Gasteiger partial charge in [-0.1, -0.05) is 23.7 Å². The summed E-state index contributed by atoms with van der Waals surface area (Å²) in [5.41, 5.74) is 5.42. The van der Waals surface area contributed by atoms with Crippen molar-refractivity contribution in [3.8, 4) is 22.0 Å². The van der Waals surface area contributed by atoms with Crippen molar-refractivity contribution < 1.29 is 4.79 Å². The van der Waals surface area contributed by atoms with Gasteiger partial charge in [-0.25, -0.2) is 4.98 Å². The van der Waals surface area contributed by atoms with Crippen LogP contribution in [0.1, 0.15) is 28.5 Å². The SMILES string of the molecule is CC(=O)c1c(C)[nH]c(-c2csc(-c3ccc(Cl)cc3)n2)c1C. The van der Waals surface area contributed by atoms with Crippen molar-refractivity contribution in [1.82, 2.24) is 9.97 Å². The molecule has 5 heteroatoms. The van der Waals surface area contributed by atoms with Crippen LogP contribution in [0.25, 0.3) is 22.0 Å². The van der Waals surface area contributed by atoms with E-state index in [0.29, 0.717) is 5.02 Å². The van der Waals surface area contributed by atoms with Gasteiger partial charge >= 0.3 is 0 Å². The molecule has 112 valence electrons. The normalized spacial score (nSPS) is 10.9. The number of halogens is 1. The summed E-state index contributed by atoms with van der Waals surface area (Å²) in [4.78, 5) is 19.7. The minimum atomic E-state index is 0.0747. The van der Waals surface area contributed by atoms with E-state index in [0.717, 1.165) is 38.8 Å². The van der Waals surface area contributed by atoms with E-state index in [1.165, 1.54) is 0 Å². The van der Waals surface area contributed by atoms with Crippen LogP contribution >= 0.6 is 22.9 Å². The van der Waals surface area contributed by atoms with E-state index in [1.54, 1.807) is 18.3 Å². The van der Waals surface area contributed by atoms with Gasteiger partial charge in [0.2, 0.25) is 0 Å². The number of aromatic amines is 1. The van der Waals surface area contributed by atoms with Gasteiger partial charge in [-0.2, -0.15) is 0 Å². The van der Waals surface area contributed by atoms with E-state index < -0.39 is 0 Å². The number of Topliss-reactive ketones (excluding diaryl/α,β-unsaturated/α-hetero) is 1. The fraction of sp³-hybridized carbons (Fsp3) is 0.176. The fourth-order valence-corrected chi connectivity index (χ4v) is 3.59. The molecule has 0 amide bonds. The van der Waals surface area contributed by atoms with Crippen LogP contribution in [0.4, 0.5) is 0 Å². The maximum atomic E-state index is 11.7. The number of ketones is 1. The maximum Gasteiger partial charge on any atom is 0.161 e. The monoisotopic (exact) mass is 330 g/mol. The van der Waals surface area contributed by atoms with Crippen LogP contribution in [0.15, 0.2) is 29.6 Å². The quantitative estimate of drug-likeness (QED) is 0.664. The van der Waals surface area contributed by atoms with Gasteiger partial charge in [0.05, 0.1) is 11.4 Å². The van der Waals surface area contributed by atoms with Gasteiger partial charge in [0.15, 0.2) is 5.78 Å². The molecule has 0 radical (unpaired) electrons. The number of thiazole rings is 1. The molecule has 0 aliphatic rings. The Morgan fingerprint density at radius 1 is 1.23 bits per heavy atom. The Morgan fingerprint density at radius 3 is 2.50 bits per heavy atom. The Labute approximate surface area is 138 Å². The Hall–Kier alpha value is -1.91. The zero-order chi connectivity index (χ0) is 15.9. The molecule has 0 bridgehead atoms. The van der Waals surface area contributed by atoms with Gasteiger partial charge in [-0.05, 0) is 38.5 Å². The molecule has 0 aliphatic carbocycles. The lowest BCUT2D eigenvalue weighted by atomic mass is 10.1. The first-order valence-corrected chi connectivity index (χ1v) is 8.15. The zero-order valence-electron chi connectivity index (χ0n) is 12.5. The van der Waals surface area contributed by atoms with Gasteiger partial charge < -0.3 is 4.98 Å². The summed E-state index contributed by atoms with van der Waals surface area (Å²) >= 11 is 7.49. The van der Waals surface area contributed by atoms with Crippen LogP contribution in [0.2, 0.25) is 5.02 Å². The Bertz CT molecular complexity index is 846. The number of carbonyl (C=O) groups excluding carboxylic acids is 1. The van der Waals surface area contributed by atoms with E-state index in [1.807, 2.05) is 43.5 Å². The van der Waals surface area contributed by atoms with Gasteiger partial charge in [-0.3, -0.25) is 4.79 Å². The van der Waals surface area contributed by atoms with Crippen LogP contribution < -0.4 is 0 Å². The molecule has 1 aromatic carbocycles. The predicted molar refractivity (Wildman–Crippen MR) is 91.8 cm³/mol. The average molecular weight is 331 g/mol. The summed E-state index contributed by atoms with van der Waals surface area (Å²) in [6.45, 7) is 5.46. The third-order valence-corrected chi connectivity index (χ3v) is 4.78. The number of nitrogens with one attached hydrogen (secondary N) is 1. The average Bonchev–Trinajstić information content (AvgIpc) is 3.04. The second kappa shape index (κ2) is 5.71. The molecule has 0 atom stereocenters. The van der Waals surface area contributed by atoms with E-state index in [9.17, 15) is 4.79 Å². The first-order valence-electron chi connectivity index (χ1n) is 6.89. The minimum Gasteiger partial charge on any atom is -0.356 e. The highest BCUT2D eigenvalue weighted by Gasteiger charge is 2.18. The van der Waals surface area contributed by atoms with Crippen molar-refractivity contribution in [2.45, 2.75) is 20.8 Å². The second-order valence-electron chi connectivity index (χ2n) is 5.23. The first-order chi connectivity index (χ1) is 10.5. The number of aryl methyl sites for hydroxylation is 1. The van der Waals surface area contributed by atoms with Crippen LogP contribution in [-0.2, 0) is 0 Å². The van der Waals surface area contributed by atoms with Crippen molar-refractivity contribution in [2.24, 2.45) is 0 Å². The summed E-state index contributed by atoms with van der Waals surface area (Å²) in [6.07, 6.45) is 0. The van der Waals surface area contributed by atoms with Crippen LogP contribution in [-0.4, -0.2) is 15.8 Å². The molecule has 1 N–H and O–H groups in total. The Balaban J connectivity index is 2.03. The van der Waals surface area contributed by atoms with Crippen molar-refractivity contribution in [2.75, 3.05) is 0 Å². The van der Waals surface area contributed by atoms with Crippen molar-refractivity contribution >= 4 is 28.7 Å². The van der Waals surface area contributed by atoms with Crippen molar-refractivity contribution in [3.63, 3.8) is 0 Å². The van der Waals surface area contributed by atoms with E-state index in [2.05, 4.69) is 9.97 Å². The zero-order valence-corrected chi connectivity index (χ0v) is 14.1. The van der Waals surface area contributed by atoms with Gasteiger partial charge in [0.25, 0.3) is 0 Å². The number of H-pyrrole nitrogens is 1. The summed E-state index contributed by atoms with van der Waals surface area (Å²) in [5, 5.41) is 3.65. The molecular formula is C17H15ClN2OS. The van der Waals surface area contributed by atoms with E-state index in [-0.39, 0.29) is 5.78 Å². The lowest BCUT2D eigenvalue weighted by molar-refractivity contribution is 0.101. The summed E-state index contributed by atoms with van der Waals surface area (Å²) in [6, 6.07) is 7.63. The van der Waals surface area contributed by atoms with Crippen LogP contribution in [0, 0.1) is 13.8 Å². The molecule has 0 saturated heterocycles. The molecule has 0 unspecified atom stereocenters. The minimum absolute atomic E-state index is 0.0747. The topological polar surface area (TPSA) is 45.8 Å². The molecule has 2 aromatic heterocycles. The molecule has 22 heavy (non-hydrogen) atoms. The molecule has 0 saturated carbocycles.